The summed E-state index contributed by atoms with van der Waals surface area (Å²) >= 11 is 0. The van der Waals surface area contributed by atoms with Crippen LogP contribution < -0.4 is 5.73 Å². The van der Waals surface area contributed by atoms with Gasteiger partial charge >= 0.3 is 0 Å². The number of hydrogen-bond donors (Lipinski definition) is 1. The fraction of sp³-hybridized carbons (Fsp3) is 0.684. The Kier molecular flexibility index (Phi) is 5.83. The van der Waals surface area contributed by atoms with Crippen LogP contribution in [0.3, 0.4) is 0 Å². The molecule has 2 atom stereocenters. The van der Waals surface area contributed by atoms with Crippen molar-refractivity contribution in [2.24, 2.45) is 17.6 Å². The molecule has 2 unspecified atom stereocenters. The number of rotatable bonds is 4. The third-order valence-corrected chi connectivity index (χ3v) is 5.42. The van der Waals surface area contributed by atoms with Gasteiger partial charge in [0.2, 0.25) is 0 Å². The van der Waals surface area contributed by atoms with Gasteiger partial charge in [-0.3, -0.25) is 4.90 Å². The van der Waals surface area contributed by atoms with Crippen LogP contribution in [-0.4, -0.2) is 24.5 Å². The van der Waals surface area contributed by atoms with Gasteiger partial charge in [0.15, 0.2) is 0 Å². The quantitative estimate of drug-likeness (QED) is 0.905. The Morgan fingerprint density at radius 1 is 1.19 bits per heavy atom. The lowest BCUT2D eigenvalue weighted by Gasteiger charge is -2.31. The Bertz CT molecular complexity index is 453. The van der Waals surface area contributed by atoms with Crippen LogP contribution >= 0.6 is 0 Å². The number of nitrogens with two attached hydrogens (primary N) is 1. The molecule has 2 heteroatoms. The van der Waals surface area contributed by atoms with Gasteiger partial charge in [-0.15, -0.1) is 0 Å². The maximum atomic E-state index is 6.16. The van der Waals surface area contributed by atoms with E-state index in [9.17, 15) is 0 Å². The predicted octanol–water partition coefficient (Wildman–Crippen LogP) is 4.06. The number of nitrogens with zero attached hydrogens (tertiary/aromatic N) is 1. The van der Waals surface area contributed by atoms with Crippen molar-refractivity contribution >= 4 is 0 Å². The Balaban J connectivity index is 2.16. The summed E-state index contributed by atoms with van der Waals surface area (Å²) in [6, 6.07) is 7.03. The van der Waals surface area contributed by atoms with Gasteiger partial charge < -0.3 is 5.73 Å². The number of hydrogen-bond acceptors (Lipinski definition) is 2. The van der Waals surface area contributed by atoms with Crippen molar-refractivity contribution in [1.82, 2.24) is 4.90 Å². The molecule has 1 saturated heterocycles. The van der Waals surface area contributed by atoms with Crippen LogP contribution in [0.15, 0.2) is 18.2 Å². The monoisotopic (exact) mass is 288 g/mol. The fourth-order valence-electron chi connectivity index (χ4n) is 3.73. The molecular weight excluding hydrogens is 256 g/mol. The first-order chi connectivity index (χ1) is 10.0. The van der Waals surface area contributed by atoms with E-state index in [4.69, 9.17) is 5.73 Å². The molecule has 0 saturated carbocycles. The lowest BCUT2D eigenvalue weighted by molar-refractivity contribution is 0.203. The summed E-state index contributed by atoms with van der Waals surface area (Å²) in [7, 11) is 0. The first-order valence-electron chi connectivity index (χ1n) is 8.54. The SMILES string of the molecule is Cc1cccc(C(CN)N2CCCC(C(C)C)CC2)c1C. The molecule has 0 aromatic heterocycles. The van der Waals surface area contributed by atoms with Gasteiger partial charge in [0.25, 0.3) is 0 Å². The third-order valence-electron chi connectivity index (χ3n) is 5.42. The minimum absolute atomic E-state index is 0.385. The van der Waals surface area contributed by atoms with Crippen LogP contribution in [0.1, 0.15) is 55.8 Å². The summed E-state index contributed by atoms with van der Waals surface area (Å²) in [6.07, 6.45) is 4.00. The molecule has 2 rings (SSSR count). The lowest BCUT2D eigenvalue weighted by atomic mass is 9.89. The minimum Gasteiger partial charge on any atom is -0.329 e. The summed E-state index contributed by atoms with van der Waals surface area (Å²) in [5.41, 5.74) is 10.4. The van der Waals surface area contributed by atoms with Crippen LogP contribution in [0.4, 0.5) is 0 Å². The zero-order valence-corrected chi connectivity index (χ0v) is 14.2. The molecule has 1 heterocycles. The highest BCUT2D eigenvalue weighted by atomic mass is 15.2. The molecule has 118 valence electrons. The Labute approximate surface area is 130 Å². The predicted molar refractivity (Wildman–Crippen MR) is 91.5 cm³/mol. The summed E-state index contributed by atoms with van der Waals surface area (Å²) in [4.78, 5) is 2.63. The molecule has 2 N–H and O–H groups in total. The first-order valence-corrected chi connectivity index (χ1v) is 8.54. The van der Waals surface area contributed by atoms with Crippen LogP contribution in [0, 0.1) is 25.7 Å². The van der Waals surface area contributed by atoms with Crippen LogP contribution in [0.25, 0.3) is 0 Å². The molecule has 0 radical (unpaired) electrons. The summed E-state index contributed by atoms with van der Waals surface area (Å²) in [5, 5.41) is 0. The van der Waals surface area contributed by atoms with E-state index in [0.29, 0.717) is 6.04 Å². The van der Waals surface area contributed by atoms with Gasteiger partial charge in [-0.2, -0.15) is 0 Å². The molecule has 2 nitrogen and oxygen atoms in total. The van der Waals surface area contributed by atoms with E-state index < -0.39 is 0 Å². The molecule has 0 aliphatic carbocycles. The van der Waals surface area contributed by atoms with E-state index in [-0.39, 0.29) is 0 Å². The van der Waals surface area contributed by atoms with Crippen molar-refractivity contribution in [2.45, 2.75) is 53.0 Å². The average molecular weight is 288 g/mol. The maximum Gasteiger partial charge on any atom is 0.0473 e. The fourth-order valence-corrected chi connectivity index (χ4v) is 3.73. The van der Waals surface area contributed by atoms with E-state index in [1.807, 2.05) is 0 Å². The Hall–Kier alpha value is -0.860. The standard InChI is InChI=1S/C19H32N2/c1-14(2)17-8-6-11-21(12-10-17)19(13-20)18-9-5-7-15(3)16(18)4/h5,7,9,14,17,19H,6,8,10-13,20H2,1-4H3. The lowest BCUT2D eigenvalue weighted by Crippen LogP contribution is -2.35. The Morgan fingerprint density at radius 3 is 2.62 bits per heavy atom. The second kappa shape index (κ2) is 7.42. The Morgan fingerprint density at radius 2 is 1.95 bits per heavy atom. The van der Waals surface area contributed by atoms with Crippen LogP contribution in [0.5, 0.6) is 0 Å². The summed E-state index contributed by atoms with van der Waals surface area (Å²) < 4.78 is 0. The third kappa shape index (κ3) is 3.87. The van der Waals surface area contributed by atoms with E-state index in [0.717, 1.165) is 18.4 Å². The van der Waals surface area contributed by atoms with E-state index >= 15 is 0 Å². The van der Waals surface area contributed by atoms with Gasteiger partial charge in [-0.25, -0.2) is 0 Å². The second-order valence-corrected chi connectivity index (χ2v) is 7.01. The highest BCUT2D eigenvalue weighted by molar-refractivity contribution is 5.35. The number of benzene rings is 1. The number of aryl methyl sites for hydroxylation is 1. The van der Waals surface area contributed by atoms with Crippen molar-refractivity contribution in [2.75, 3.05) is 19.6 Å². The van der Waals surface area contributed by atoms with Crippen LogP contribution in [-0.2, 0) is 0 Å². The van der Waals surface area contributed by atoms with Crippen molar-refractivity contribution in [3.63, 3.8) is 0 Å². The topological polar surface area (TPSA) is 29.3 Å². The molecule has 1 fully saturated rings. The molecule has 1 aromatic rings. The summed E-state index contributed by atoms with van der Waals surface area (Å²) in [6.45, 7) is 12.3. The van der Waals surface area contributed by atoms with Gasteiger partial charge in [-0.1, -0.05) is 32.0 Å². The number of likely N-dealkylation sites (tertiary alicyclic amines) is 1. The second-order valence-electron chi connectivity index (χ2n) is 7.01. The highest BCUT2D eigenvalue weighted by Crippen LogP contribution is 2.30. The zero-order chi connectivity index (χ0) is 15.4. The van der Waals surface area contributed by atoms with Crippen molar-refractivity contribution in [3.8, 4) is 0 Å². The maximum absolute atomic E-state index is 6.16. The van der Waals surface area contributed by atoms with E-state index in [1.165, 1.54) is 49.0 Å². The largest absolute Gasteiger partial charge is 0.329 e. The van der Waals surface area contributed by atoms with E-state index in [1.54, 1.807) is 0 Å². The molecule has 0 amide bonds. The molecule has 1 aliphatic heterocycles. The molecule has 1 aliphatic rings. The summed E-state index contributed by atoms with van der Waals surface area (Å²) in [5.74, 6) is 1.69. The normalized spacial score (nSPS) is 22.3. The van der Waals surface area contributed by atoms with Gasteiger partial charge in [0.1, 0.15) is 0 Å². The molecule has 1 aromatic carbocycles. The van der Waals surface area contributed by atoms with Gasteiger partial charge in [0, 0.05) is 12.6 Å². The minimum atomic E-state index is 0.385. The average Bonchev–Trinajstić information content (AvgIpc) is 2.70. The smallest absolute Gasteiger partial charge is 0.0473 e. The first kappa shape index (κ1) is 16.5. The van der Waals surface area contributed by atoms with Gasteiger partial charge in [-0.05, 0) is 74.7 Å². The van der Waals surface area contributed by atoms with E-state index in [2.05, 4.69) is 50.8 Å². The van der Waals surface area contributed by atoms with Gasteiger partial charge in [0.05, 0.1) is 0 Å². The molecule has 21 heavy (non-hydrogen) atoms. The molecular formula is C19H32N2. The van der Waals surface area contributed by atoms with Crippen molar-refractivity contribution in [3.05, 3.63) is 34.9 Å². The molecule has 0 spiro atoms. The molecule has 0 bridgehead atoms. The van der Waals surface area contributed by atoms with Crippen molar-refractivity contribution < 1.29 is 0 Å². The van der Waals surface area contributed by atoms with Crippen molar-refractivity contribution in [1.29, 1.82) is 0 Å². The zero-order valence-electron chi connectivity index (χ0n) is 14.2. The highest BCUT2D eigenvalue weighted by Gasteiger charge is 2.25. The van der Waals surface area contributed by atoms with Crippen LogP contribution in [0.2, 0.25) is 0 Å².